The van der Waals surface area contributed by atoms with Gasteiger partial charge in [0.25, 0.3) is 0 Å². The number of aliphatic imine (C=N–C) groups is 1. The fourth-order valence-electron chi connectivity index (χ4n) is 3.15. The van der Waals surface area contributed by atoms with Crippen molar-refractivity contribution in [2.45, 2.75) is 46.1 Å². The minimum Gasteiger partial charge on any atom is -0.493 e. The van der Waals surface area contributed by atoms with Crippen molar-refractivity contribution in [1.82, 2.24) is 10.6 Å². The first-order chi connectivity index (χ1) is 12.6. The highest BCUT2D eigenvalue weighted by Crippen LogP contribution is 2.43. The molecule has 26 heavy (non-hydrogen) atoms. The van der Waals surface area contributed by atoms with Crippen molar-refractivity contribution in [1.29, 1.82) is 0 Å². The molecule has 0 unspecified atom stereocenters. The maximum absolute atomic E-state index is 5.73. The standard InChI is InChI=1S/C21H35N3O2/c1-17(2)15-26-19-8-6-18(7-9-19)14-23-20(22-3)24-16-21(10-5-11-21)12-13-25-4/h6-9,17H,5,10-16H2,1-4H3,(H2,22,23,24). The first-order valence-electron chi connectivity index (χ1n) is 9.72. The molecule has 2 N–H and O–H groups in total. The number of nitrogens with one attached hydrogen (secondary N) is 2. The normalized spacial score (nSPS) is 16.3. The minimum absolute atomic E-state index is 0.378. The maximum atomic E-state index is 5.73. The van der Waals surface area contributed by atoms with Gasteiger partial charge in [0.15, 0.2) is 5.96 Å². The van der Waals surface area contributed by atoms with Crippen LogP contribution < -0.4 is 15.4 Å². The van der Waals surface area contributed by atoms with Crippen LogP contribution in [0.2, 0.25) is 0 Å². The van der Waals surface area contributed by atoms with Gasteiger partial charge in [0.1, 0.15) is 5.75 Å². The Labute approximate surface area is 158 Å². The molecule has 1 aromatic carbocycles. The Hall–Kier alpha value is -1.75. The molecule has 2 rings (SSSR count). The van der Waals surface area contributed by atoms with Crippen LogP contribution in [0.15, 0.2) is 29.3 Å². The van der Waals surface area contributed by atoms with E-state index in [-0.39, 0.29) is 0 Å². The summed E-state index contributed by atoms with van der Waals surface area (Å²) in [5, 5.41) is 6.89. The van der Waals surface area contributed by atoms with Crippen molar-refractivity contribution in [3.8, 4) is 5.75 Å². The molecule has 0 heterocycles. The molecule has 0 atom stereocenters. The van der Waals surface area contributed by atoms with Crippen LogP contribution in [0, 0.1) is 11.3 Å². The second kappa shape index (κ2) is 10.4. The van der Waals surface area contributed by atoms with Crippen molar-refractivity contribution in [2.75, 3.05) is 33.9 Å². The summed E-state index contributed by atoms with van der Waals surface area (Å²) in [5.74, 6) is 2.32. The van der Waals surface area contributed by atoms with Crippen LogP contribution in [0.5, 0.6) is 5.75 Å². The zero-order valence-corrected chi connectivity index (χ0v) is 16.8. The SMILES string of the molecule is CN=C(NCc1ccc(OCC(C)C)cc1)NCC1(CCOC)CCC1. The van der Waals surface area contributed by atoms with E-state index in [0.717, 1.165) is 44.4 Å². The van der Waals surface area contributed by atoms with Crippen molar-refractivity contribution in [2.24, 2.45) is 16.3 Å². The molecular formula is C21H35N3O2. The van der Waals surface area contributed by atoms with Crippen LogP contribution in [-0.2, 0) is 11.3 Å². The second-order valence-electron chi connectivity index (χ2n) is 7.72. The number of hydrogen-bond acceptors (Lipinski definition) is 3. The Kier molecular flexibility index (Phi) is 8.23. The van der Waals surface area contributed by atoms with Gasteiger partial charge < -0.3 is 20.1 Å². The Morgan fingerprint density at radius 2 is 1.92 bits per heavy atom. The van der Waals surface area contributed by atoms with E-state index in [0.29, 0.717) is 11.3 Å². The van der Waals surface area contributed by atoms with Crippen molar-refractivity contribution < 1.29 is 9.47 Å². The smallest absolute Gasteiger partial charge is 0.191 e. The number of rotatable bonds is 10. The molecular weight excluding hydrogens is 326 g/mol. The van der Waals surface area contributed by atoms with Gasteiger partial charge in [0.05, 0.1) is 6.61 Å². The summed E-state index contributed by atoms with van der Waals surface area (Å²) in [6.07, 6.45) is 4.99. The third-order valence-corrected chi connectivity index (χ3v) is 5.07. The summed E-state index contributed by atoms with van der Waals surface area (Å²) in [6, 6.07) is 8.26. The lowest BCUT2D eigenvalue weighted by Gasteiger charge is -2.42. The zero-order chi connectivity index (χ0) is 18.8. The summed E-state index contributed by atoms with van der Waals surface area (Å²) >= 11 is 0. The molecule has 0 amide bonds. The predicted molar refractivity (Wildman–Crippen MR) is 108 cm³/mol. The molecule has 0 bridgehead atoms. The van der Waals surface area contributed by atoms with Gasteiger partial charge in [-0.25, -0.2) is 0 Å². The largest absolute Gasteiger partial charge is 0.493 e. The average Bonchev–Trinajstić information content (AvgIpc) is 2.62. The molecule has 1 aromatic rings. The summed E-state index contributed by atoms with van der Waals surface area (Å²) in [4.78, 5) is 4.35. The zero-order valence-electron chi connectivity index (χ0n) is 16.8. The van der Waals surface area contributed by atoms with Gasteiger partial charge in [0, 0.05) is 33.9 Å². The minimum atomic E-state index is 0.378. The van der Waals surface area contributed by atoms with Crippen LogP contribution in [0.25, 0.3) is 0 Å². The Morgan fingerprint density at radius 1 is 1.19 bits per heavy atom. The Morgan fingerprint density at radius 3 is 2.46 bits per heavy atom. The molecule has 0 radical (unpaired) electrons. The molecule has 0 spiro atoms. The highest BCUT2D eigenvalue weighted by molar-refractivity contribution is 5.79. The molecule has 5 nitrogen and oxygen atoms in total. The Bertz CT molecular complexity index is 551. The summed E-state index contributed by atoms with van der Waals surface area (Å²) in [6.45, 7) is 7.59. The van der Waals surface area contributed by atoms with Gasteiger partial charge >= 0.3 is 0 Å². The summed E-state index contributed by atoms with van der Waals surface area (Å²) in [7, 11) is 3.60. The topological polar surface area (TPSA) is 54.9 Å². The molecule has 0 saturated heterocycles. The van der Waals surface area contributed by atoms with Crippen LogP contribution in [-0.4, -0.2) is 39.9 Å². The molecule has 1 saturated carbocycles. The predicted octanol–water partition coefficient (Wildman–Crippen LogP) is 3.59. The van der Waals surface area contributed by atoms with E-state index in [1.54, 1.807) is 7.11 Å². The fourth-order valence-corrected chi connectivity index (χ4v) is 3.15. The van der Waals surface area contributed by atoms with Gasteiger partial charge in [-0.15, -0.1) is 0 Å². The van der Waals surface area contributed by atoms with Crippen LogP contribution in [0.1, 0.15) is 45.1 Å². The maximum Gasteiger partial charge on any atom is 0.191 e. The fraction of sp³-hybridized carbons (Fsp3) is 0.667. The molecule has 0 aliphatic heterocycles. The van der Waals surface area contributed by atoms with E-state index in [2.05, 4.69) is 41.6 Å². The van der Waals surface area contributed by atoms with Crippen LogP contribution >= 0.6 is 0 Å². The number of methoxy groups -OCH3 is 1. The quantitative estimate of drug-likeness (QED) is 0.494. The molecule has 5 heteroatoms. The number of guanidine groups is 1. The molecule has 1 aliphatic carbocycles. The lowest BCUT2D eigenvalue weighted by atomic mass is 9.67. The van der Waals surface area contributed by atoms with Gasteiger partial charge in [-0.1, -0.05) is 32.4 Å². The molecule has 1 fully saturated rings. The van der Waals surface area contributed by atoms with Gasteiger partial charge in [-0.05, 0) is 48.3 Å². The van der Waals surface area contributed by atoms with Crippen LogP contribution in [0.3, 0.4) is 0 Å². The monoisotopic (exact) mass is 361 g/mol. The third-order valence-electron chi connectivity index (χ3n) is 5.07. The van der Waals surface area contributed by atoms with E-state index >= 15 is 0 Å². The van der Waals surface area contributed by atoms with E-state index in [4.69, 9.17) is 9.47 Å². The van der Waals surface area contributed by atoms with E-state index in [9.17, 15) is 0 Å². The number of benzene rings is 1. The average molecular weight is 362 g/mol. The van der Waals surface area contributed by atoms with Gasteiger partial charge in [-0.3, -0.25) is 4.99 Å². The number of nitrogens with zero attached hydrogens (tertiary/aromatic N) is 1. The summed E-state index contributed by atoms with van der Waals surface area (Å²) in [5.41, 5.74) is 1.59. The summed E-state index contributed by atoms with van der Waals surface area (Å²) < 4.78 is 11.0. The first kappa shape index (κ1) is 20.6. The highest BCUT2D eigenvalue weighted by atomic mass is 16.5. The Balaban J connectivity index is 1.76. The molecule has 0 aromatic heterocycles. The van der Waals surface area contributed by atoms with E-state index < -0.39 is 0 Å². The lowest BCUT2D eigenvalue weighted by Crippen LogP contribution is -2.46. The lowest BCUT2D eigenvalue weighted by molar-refractivity contribution is 0.0732. The molecule has 146 valence electrons. The highest BCUT2D eigenvalue weighted by Gasteiger charge is 2.36. The van der Waals surface area contributed by atoms with E-state index in [1.807, 2.05) is 19.2 Å². The number of ether oxygens (including phenoxy) is 2. The number of hydrogen-bond donors (Lipinski definition) is 2. The second-order valence-corrected chi connectivity index (χ2v) is 7.72. The van der Waals surface area contributed by atoms with Gasteiger partial charge in [-0.2, -0.15) is 0 Å². The van der Waals surface area contributed by atoms with Crippen LogP contribution in [0.4, 0.5) is 0 Å². The van der Waals surface area contributed by atoms with Crippen molar-refractivity contribution >= 4 is 5.96 Å². The molecule has 1 aliphatic rings. The van der Waals surface area contributed by atoms with Gasteiger partial charge in [0.2, 0.25) is 0 Å². The third kappa shape index (κ3) is 6.52. The first-order valence-corrected chi connectivity index (χ1v) is 9.72. The van der Waals surface area contributed by atoms with Crippen molar-refractivity contribution in [3.05, 3.63) is 29.8 Å². The van der Waals surface area contributed by atoms with E-state index in [1.165, 1.54) is 24.8 Å². The van der Waals surface area contributed by atoms with Crippen molar-refractivity contribution in [3.63, 3.8) is 0 Å².